The van der Waals surface area contributed by atoms with E-state index in [1.807, 2.05) is 58.9 Å². The Morgan fingerprint density at radius 2 is 1.71 bits per heavy atom. The quantitative estimate of drug-likeness (QED) is 0.271. The minimum atomic E-state index is -0.495. The van der Waals surface area contributed by atoms with Gasteiger partial charge in [0, 0.05) is 5.69 Å². The van der Waals surface area contributed by atoms with Crippen LogP contribution in [0, 0.1) is 39.0 Å². The zero-order valence-corrected chi connectivity index (χ0v) is 21.4. The van der Waals surface area contributed by atoms with Crippen molar-refractivity contribution in [2.24, 2.45) is 0 Å². The van der Waals surface area contributed by atoms with Crippen molar-refractivity contribution >= 4 is 29.3 Å². The molecule has 0 bridgehead atoms. The fourth-order valence-corrected chi connectivity index (χ4v) is 4.03. The van der Waals surface area contributed by atoms with E-state index in [0.29, 0.717) is 41.0 Å². The van der Waals surface area contributed by atoms with Gasteiger partial charge in [-0.1, -0.05) is 53.1 Å². The van der Waals surface area contributed by atoms with Crippen molar-refractivity contribution in [2.45, 2.75) is 41.2 Å². The molecule has 0 saturated carbocycles. The lowest BCUT2D eigenvalue weighted by atomic mass is 10.1. The second-order valence-corrected chi connectivity index (χ2v) is 8.90. The highest BCUT2D eigenvalue weighted by molar-refractivity contribution is 6.32. The van der Waals surface area contributed by atoms with Gasteiger partial charge in [0.15, 0.2) is 11.5 Å². The predicted molar refractivity (Wildman–Crippen MR) is 141 cm³/mol. The summed E-state index contributed by atoms with van der Waals surface area (Å²) in [5.74, 6) is 0.372. The number of halogens is 1. The van der Waals surface area contributed by atoms with E-state index in [4.69, 9.17) is 21.1 Å². The summed E-state index contributed by atoms with van der Waals surface area (Å²) >= 11 is 6.56. The van der Waals surface area contributed by atoms with E-state index in [2.05, 4.69) is 23.5 Å². The van der Waals surface area contributed by atoms with Crippen molar-refractivity contribution in [1.29, 1.82) is 5.26 Å². The molecule has 0 heterocycles. The van der Waals surface area contributed by atoms with E-state index in [1.165, 1.54) is 6.08 Å². The third kappa shape index (κ3) is 6.88. The lowest BCUT2D eigenvalue weighted by Crippen LogP contribution is -2.14. The average molecular weight is 489 g/mol. The Hall–Kier alpha value is -3.75. The van der Waals surface area contributed by atoms with Crippen LogP contribution in [0.3, 0.4) is 0 Å². The third-order valence-corrected chi connectivity index (χ3v) is 5.59. The number of hydrogen-bond acceptors (Lipinski definition) is 4. The van der Waals surface area contributed by atoms with E-state index in [1.54, 1.807) is 12.1 Å². The smallest absolute Gasteiger partial charge is 0.266 e. The number of nitrogens with zero attached hydrogens (tertiary/aromatic N) is 1. The maximum Gasteiger partial charge on any atom is 0.266 e. The lowest BCUT2D eigenvalue weighted by molar-refractivity contribution is -0.112. The summed E-state index contributed by atoms with van der Waals surface area (Å²) in [6, 6.07) is 17.3. The summed E-state index contributed by atoms with van der Waals surface area (Å²) in [6.07, 6.45) is 1.49. The van der Waals surface area contributed by atoms with Crippen molar-refractivity contribution in [3.05, 3.63) is 92.5 Å². The molecule has 0 atom stereocenters. The molecule has 1 amide bonds. The fourth-order valence-electron chi connectivity index (χ4n) is 3.76. The highest BCUT2D eigenvalue weighted by Gasteiger charge is 2.16. The van der Waals surface area contributed by atoms with Crippen LogP contribution in [-0.2, 0) is 11.4 Å². The minimum absolute atomic E-state index is 0.0478. The van der Waals surface area contributed by atoms with E-state index in [9.17, 15) is 10.1 Å². The van der Waals surface area contributed by atoms with Gasteiger partial charge in [0.25, 0.3) is 5.91 Å². The lowest BCUT2D eigenvalue weighted by Gasteiger charge is -2.15. The molecule has 0 spiro atoms. The average Bonchev–Trinajstić information content (AvgIpc) is 2.79. The highest BCUT2D eigenvalue weighted by atomic mass is 35.5. The van der Waals surface area contributed by atoms with Gasteiger partial charge in [-0.15, -0.1) is 0 Å². The molecule has 0 aliphatic heterocycles. The zero-order valence-electron chi connectivity index (χ0n) is 20.7. The van der Waals surface area contributed by atoms with Gasteiger partial charge in [-0.3, -0.25) is 4.79 Å². The Bertz CT molecular complexity index is 1300. The van der Waals surface area contributed by atoms with Crippen LogP contribution in [0.4, 0.5) is 5.69 Å². The Balaban J connectivity index is 1.87. The second-order valence-electron chi connectivity index (χ2n) is 8.49. The monoisotopic (exact) mass is 488 g/mol. The van der Waals surface area contributed by atoms with Crippen molar-refractivity contribution in [3.8, 4) is 17.6 Å². The number of carbonyl (C=O) groups excluding carboxylic acids is 1. The molecule has 0 aromatic heterocycles. The molecule has 0 unspecified atom stereocenters. The fraction of sp³-hybridized carbons (Fsp3) is 0.241. The first kappa shape index (κ1) is 25.9. The van der Waals surface area contributed by atoms with E-state index in [-0.39, 0.29) is 5.57 Å². The van der Waals surface area contributed by atoms with Crippen LogP contribution in [-0.4, -0.2) is 12.5 Å². The van der Waals surface area contributed by atoms with Gasteiger partial charge in [0.1, 0.15) is 18.2 Å². The Morgan fingerprint density at radius 1 is 1.00 bits per heavy atom. The summed E-state index contributed by atoms with van der Waals surface area (Å²) in [5, 5.41) is 12.8. The molecule has 0 fully saturated rings. The SMILES string of the molecule is CCOc1cc(/C=C(\C#N)C(=O)Nc2cc(C)ccc2C)cc(Cl)c1OCc1cc(C)cc(C)c1. The number of anilines is 1. The first-order valence-electron chi connectivity index (χ1n) is 11.4. The number of amides is 1. The van der Waals surface area contributed by atoms with Crippen molar-refractivity contribution in [2.75, 3.05) is 11.9 Å². The molecule has 6 heteroatoms. The molecule has 3 aromatic carbocycles. The van der Waals surface area contributed by atoms with Crippen molar-refractivity contribution in [3.63, 3.8) is 0 Å². The van der Waals surface area contributed by atoms with Crippen molar-refractivity contribution in [1.82, 2.24) is 0 Å². The molecule has 3 aromatic rings. The van der Waals surface area contributed by atoms with Crippen LogP contribution in [0.1, 0.15) is 40.3 Å². The number of aryl methyl sites for hydroxylation is 4. The predicted octanol–water partition coefficient (Wildman–Crippen LogP) is 7.10. The van der Waals surface area contributed by atoms with E-state index in [0.717, 1.165) is 27.8 Å². The molecule has 35 heavy (non-hydrogen) atoms. The molecular formula is C29H29ClN2O3. The van der Waals surface area contributed by atoms with Gasteiger partial charge < -0.3 is 14.8 Å². The van der Waals surface area contributed by atoms with Gasteiger partial charge in [-0.2, -0.15) is 5.26 Å². The van der Waals surface area contributed by atoms with Gasteiger partial charge >= 0.3 is 0 Å². The van der Waals surface area contributed by atoms with Crippen LogP contribution in [0.25, 0.3) is 6.08 Å². The molecule has 180 valence electrons. The summed E-state index contributed by atoms with van der Waals surface area (Å²) in [5.41, 5.74) is 6.44. The first-order chi connectivity index (χ1) is 16.7. The first-order valence-corrected chi connectivity index (χ1v) is 11.7. The molecule has 3 rings (SSSR count). The van der Waals surface area contributed by atoms with Crippen LogP contribution < -0.4 is 14.8 Å². The van der Waals surface area contributed by atoms with Gasteiger partial charge in [-0.25, -0.2) is 0 Å². The number of rotatable bonds is 8. The van der Waals surface area contributed by atoms with Crippen molar-refractivity contribution < 1.29 is 14.3 Å². The standard InChI is InChI=1S/C29H29ClN2O3/c1-6-34-27-15-22(13-24(16-31)29(33)32-26-12-18(2)7-8-21(26)5)14-25(30)28(27)35-17-23-10-19(3)9-20(4)11-23/h7-15H,6,17H2,1-5H3,(H,32,33)/b24-13+. The molecule has 5 nitrogen and oxygen atoms in total. The number of carbonyl (C=O) groups is 1. The molecule has 0 aliphatic carbocycles. The molecule has 1 N–H and O–H groups in total. The minimum Gasteiger partial charge on any atom is -0.490 e. The summed E-state index contributed by atoms with van der Waals surface area (Å²) < 4.78 is 11.8. The zero-order chi connectivity index (χ0) is 25.5. The van der Waals surface area contributed by atoms with Crippen LogP contribution in [0.15, 0.2) is 54.1 Å². The van der Waals surface area contributed by atoms with Crippen LogP contribution >= 0.6 is 11.6 Å². The maximum absolute atomic E-state index is 12.8. The maximum atomic E-state index is 12.8. The van der Waals surface area contributed by atoms with Crippen LogP contribution in [0.5, 0.6) is 11.5 Å². The Labute approximate surface area is 212 Å². The summed E-state index contributed by atoms with van der Waals surface area (Å²) in [7, 11) is 0. The number of hydrogen-bond donors (Lipinski definition) is 1. The Kier molecular flexibility index (Phi) is 8.57. The Morgan fingerprint density at radius 3 is 2.37 bits per heavy atom. The number of benzene rings is 3. The molecular weight excluding hydrogens is 460 g/mol. The third-order valence-electron chi connectivity index (χ3n) is 5.31. The van der Waals surface area contributed by atoms with Gasteiger partial charge in [-0.05, 0) is 81.1 Å². The number of nitrogens with one attached hydrogen (secondary N) is 1. The van der Waals surface area contributed by atoms with Crippen LogP contribution in [0.2, 0.25) is 5.02 Å². The number of nitriles is 1. The highest BCUT2D eigenvalue weighted by Crippen LogP contribution is 2.38. The molecule has 0 aliphatic rings. The van der Waals surface area contributed by atoms with E-state index < -0.39 is 5.91 Å². The van der Waals surface area contributed by atoms with Gasteiger partial charge in [0.05, 0.1) is 11.6 Å². The largest absolute Gasteiger partial charge is 0.490 e. The van der Waals surface area contributed by atoms with E-state index >= 15 is 0 Å². The summed E-state index contributed by atoms with van der Waals surface area (Å²) in [6.45, 7) is 10.5. The van der Waals surface area contributed by atoms with Gasteiger partial charge in [0.2, 0.25) is 0 Å². The molecule has 0 radical (unpaired) electrons. The topological polar surface area (TPSA) is 71.3 Å². The number of ether oxygens (including phenoxy) is 2. The normalized spacial score (nSPS) is 11.1. The molecule has 0 saturated heterocycles. The second kappa shape index (κ2) is 11.6. The summed E-state index contributed by atoms with van der Waals surface area (Å²) in [4.78, 5) is 12.8.